The van der Waals surface area contributed by atoms with Gasteiger partial charge in [0, 0.05) is 73.8 Å². The minimum absolute atomic E-state index is 0.0113. The van der Waals surface area contributed by atoms with Gasteiger partial charge in [-0.1, -0.05) is 6.07 Å². The summed E-state index contributed by atoms with van der Waals surface area (Å²) in [7, 11) is 2.19. The summed E-state index contributed by atoms with van der Waals surface area (Å²) in [5.41, 5.74) is 5.58. The number of aryl methyl sites for hydroxylation is 1. The molecule has 8 rings (SSSR count). The molecule has 11 nitrogen and oxygen atoms in total. The second-order valence-electron chi connectivity index (χ2n) is 15.0. The van der Waals surface area contributed by atoms with E-state index in [0.717, 1.165) is 77.4 Å². The number of carbonyl (C=O) groups is 2. The first kappa shape index (κ1) is 31.9. The van der Waals surface area contributed by atoms with Crippen LogP contribution in [0.2, 0.25) is 0 Å². The lowest BCUT2D eigenvalue weighted by Gasteiger charge is -2.43. The van der Waals surface area contributed by atoms with E-state index in [1.165, 1.54) is 31.2 Å². The molecule has 12 heteroatoms. The van der Waals surface area contributed by atoms with E-state index in [-0.39, 0.29) is 28.8 Å². The number of piperazine rings is 1. The highest BCUT2D eigenvalue weighted by molar-refractivity contribution is 7.99. The first-order valence-electron chi connectivity index (χ1n) is 17.9. The van der Waals surface area contributed by atoms with Gasteiger partial charge in [-0.2, -0.15) is 5.10 Å². The topological polar surface area (TPSA) is 121 Å². The number of rotatable bonds is 6. The van der Waals surface area contributed by atoms with Gasteiger partial charge in [0.25, 0.3) is 5.56 Å². The number of H-pyrrole nitrogens is 2. The van der Waals surface area contributed by atoms with E-state index in [2.05, 4.69) is 55.5 Å². The third-order valence-corrected chi connectivity index (χ3v) is 13.2. The zero-order valence-corrected chi connectivity index (χ0v) is 29.0. The maximum atomic E-state index is 14.2. The smallest absolute Gasteiger partial charge is 0.318 e. The molecule has 48 heavy (non-hydrogen) atoms. The number of piperidine rings is 2. The highest BCUT2D eigenvalue weighted by Gasteiger charge is 2.50. The molecule has 3 N–H and O–H groups in total. The van der Waals surface area contributed by atoms with Gasteiger partial charge in [0.2, 0.25) is 5.91 Å². The van der Waals surface area contributed by atoms with Crippen LogP contribution in [-0.4, -0.2) is 124 Å². The predicted octanol–water partition coefficient (Wildman–Crippen LogP) is 3.44. The van der Waals surface area contributed by atoms with Gasteiger partial charge in [0.05, 0.1) is 16.7 Å². The molecular formula is C36H48N8O3S. The van der Waals surface area contributed by atoms with Crippen molar-refractivity contribution in [2.45, 2.75) is 80.3 Å². The molecule has 3 aromatic rings. The second-order valence-corrected chi connectivity index (χ2v) is 16.0. The molecule has 6 heterocycles. The number of aromatic amines is 2. The molecule has 256 valence electrons. The quantitative estimate of drug-likeness (QED) is 0.367. The lowest BCUT2D eigenvalue weighted by Crippen LogP contribution is -2.59. The molecule has 0 radical (unpaired) electrons. The van der Waals surface area contributed by atoms with Crippen molar-refractivity contribution >= 4 is 34.6 Å². The zero-order valence-electron chi connectivity index (χ0n) is 28.2. The minimum Gasteiger partial charge on any atom is -0.338 e. The van der Waals surface area contributed by atoms with Gasteiger partial charge in [-0.3, -0.25) is 19.6 Å². The SMILES string of the molecule is Cc1cc(C[C@@H](NC(=O)N2CCC(c3cc4c([nH]c3=O)SCC43CC3)CC2)C(=O)N2CCN(C3CCN(C)CC3)CC2)cc2cn[nH]c12. The van der Waals surface area contributed by atoms with Crippen molar-refractivity contribution in [3.63, 3.8) is 0 Å². The molecule has 1 saturated carbocycles. The van der Waals surface area contributed by atoms with Crippen LogP contribution >= 0.6 is 11.8 Å². The van der Waals surface area contributed by atoms with Gasteiger partial charge in [-0.15, -0.1) is 11.8 Å². The highest BCUT2D eigenvalue weighted by Crippen LogP contribution is 2.58. The van der Waals surface area contributed by atoms with Crippen LogP contribution in [-0.2, 0) is 16.6 Å². The standard InChI is InChI=1S/C36H48N8O3S/c1-23-17-24(18-26-21-37-40-31(23)26)19-30(34(46)43-15-13-42(14-16-43)27-5-9-41(2)10-6-27)38-35(47)44-11-3-25(4-12-44)28-20-29-33(39-32(28)45)48-22-36(29)7-8-36/h17-18,20-21,25,27,30H,3-16,19,22H2,1-2H3,(H,37,40)(H,38,47)(H,39,45)/t30-/m1/s1. The largest absolute Gasteiger partial charge is 0.338 e. The number of nitrogens with zero attached hydrogens (tertiary/aromatic N) is 5. The van der Waals surface area contributed by atoms with Gasteiger partial charge in [0.1, 0.15) is 6.04 Å². The highest BCUT2D eigenvalue weighted by atomic mass is 32.2. The van der Waals surface area contributed by atoms with E-state index in [4.69, 9.17) is 0 Å². The number of carbonyl (C=O) groups excluding carboxylic acids is 2. The number of hydrogen-bond acceptors (Lipinski definition) is 7. The van der Waals surface area contributed by atoms with Crippen LogP contribution in [0.4, 0.5) is 4.79 Å². The molecule has 4 aliphatic heterocycles. The number of thioether (sulfide) groups is 1. The van der Waals surface area contributed by atoms with Crippen LogP contribution in [0.3, 0.4) is 0 Å². The lowest BCUT2D eigenvalue weighted by atomic mass is 9.88. The van der Waals surface area contributed by atoms with E-state index < -0.39 is 6.04 Å². The normalized spacial score (nSPS) is 22.7. The lowest BCUT2D eigenvalue weighted by molar-refractivity contribution is -0.135. The Morgan fingerprint density at radius 1 is 1.00 bits per heavy atom. The van der Waals surface area contributed by atoms with Crippen molar-refractivity contribution in [2.24, 2.45) is 0 Å². The fourth-order valence-corrected chi connectivity index (χ4v) is 10.0. The van der Waals surface area contributed by atoms with Crippen LogP contribution in [0.5, 0.6) is 0 Å². The van der Waals surface area contributed by atoms with Gasteiger partial charge in [-0.25, -0.2) is 4.79 Å². The molecule has 1 atom stereocenters. The Morgan fingerprint density at radius 3 is 2.48 bits per heavy atom. The molecular weight excluding hydrogens is 625 g/mol. The number of pyridine rings is 1. The number of benzene rings is 1. The number of hydrogen-bond donors (Lipinski definition) is 3. The van der Waals surface area contributed by atoms with Crippen molar-refractivity contribution in [1.29, 1.82) is 0 Å². The number of nitrogens with one attached hydrogen (secondary N) is 3. The van der Waals surface area contributed by atoms with E-state index in [1.54, 1.807) is 11.8 Å². The summed E-state index contributed by atoms with van der Waals surface area (Å²) in [5, 5.41) is 12.5. The molecule has 1 aromatic carbocycles. The Hall–Kier alpha value is -3.35. The van der Waals surface area contributed by atoms with Crippen LogP contribution in [0.15, 0.2) is 34.2 Å². The van der Waals surface area contributed by atoms with Crippen molar-refractivity contribution in [3.05, 3.63) is 57.0 Å². The summed E-state index contributed by atoms with van der Waals surface area (Å²) in [6, 6.07) is 6.06. The molecule has 1 spiro atoms. The zero-order chi connectivity index (χ0) is 33.0. The molecule has 0 bridgehead atoms. The average molecular weight is 673 g/mol. The summed E-state index contributed by atoms with van der Waals surface area (Å²) in [6.45, 7) is 8.51. The van der Waals surface area contributed by atoms with Gasteiger partial charge < -0.3 is 25.0 Å². The van der Waals surface area contributed by atoms with Crippen LogP contribution in [0.1, 0.15) is 66.7 Å². The van der Waals surface area contributed by atoms with E-state index in [1.807, 2.05) is 22.9 Å². The number of fused-ring (bicyclic) bond motifs is 3. The Bertz CT molecular complexity index is 1740. The van der Waals surface area contributed by atoms with E-state index in [9.17, 15) is 14.4 Å². The maximum Gasteiger partial charge on any atom is 0.318 e. The Morgan fingerprint density at radius 2 is 1.75 bits per heavy atom. The first-order chi connectivity index (χ1) is 23.3. The number of aromatic nitrogens is 3. The van der Waals surface area contributed by atoms with Crippen LogP contribution in [0, 0.1) is 6.92 Å². The summed E-state index contributed by atoms with van der Waals surface area (Å²) >= 11 is 1.78. The monoisotopic (exact) mass is 672 g/mol. The van der Waals surface area contributed by atoms with Crippen molar-refractivity contribution in [2.75, 3.05) is 65.2 Å². The number of likely N-dealkylation sites (tertiary alicyclic amines) is 2. The van der Waals surface area contributed by atoms with Crippen LogP contribution in [0.25, 0.3) is 10.9 Å². The number of amides is 3. The maximum absolute atomic E-state index is 14.2. The fraction of sp³-hybridized carbons (Fsp3) is 0.611. The first-order valence-corrected chi connectivity index (χ1v) is 18.8. The van der Waals surface area contributed by atoms with Crippen molar-refractivity contribution < 1.29 is 9.59 Å². The Labute approximate surface area is 286 Å². The molecule has 4 fully saturated rings. The second kappa shape index (κ2) is 12.8. The van der Waals surface area contributed by atoms with Gasteiger partial charge >= 0.3 is 6.03 Å². The predicted molar refractivity (Wildman–Crippen MR) is 188 cm³/mol. The minimum atomic E-state index is -0.666. The summed E-state index contributed by atoms with van der Waals surface area (Å²) in [6.07, 6.45) is 8.48. The number of urea groups is 1. The third kappa shape index (κ3) is 6.15. The van der Waals surface area contributed by atoms with E-state index in [0.29, 0.717) is 38.6 Å². The van der Waals surface area contributed by atoms with Crippen LogP contribution < -0.4 is 10.9 Å². The molecule has 3 saturated heterocycles. The fourth-order valence-electron chi connectivity index (χ4n) is 8.58. The molecule has 3 amide bonds. The summed E-state index contributed by atoms with van der Waals surface area (Å²) in [5.74, 6) is 1.19. The third-order valence-electron chi connectivity index (χ3n) is 11.8. The van der Waals surface area contributed by atoms with Gasteiger partial charge in [-0.05, 0) is 100 Å². The van der Waals surface area contributed by atoms with Gasteiger partial charge in [0.15, 0.2) is 0 Å². The Balaban J connectivity index is 0.941. The molecule has 5 aliphatic rings. The molecule has 0 unspecified atom stereocenters. The average Bonchev–Trinajstić information content (AvgIpc) is 3.58. The summed E-state index contributed by atoms with van der Waals surface area (Å²) in [4.78, 5) is 53.0. The molecule has 1 aliphatic carbocycles. The summed E-state index contributed by atoms with van der Waals surface area (Å²) < 4.78 is 0. The molecule has 2 aromatic heterocycles. The van der Waals surface area contributed by atoms with Crippen molar-refractivity contribution in [1.82, 2.24) is 40.1 Å². The van der Waals surface area contributed by atoms with Crippen molar-refractivity contribution in [3.8, 4) is 0 Å². The van der Waals surface area contributed by atoms with E-state index >= 15 is 0 Å². The Kier molecular flexibility index (Phi) is 8.53.